The van der Waals surface area contributed by atoms with Gasteiger partial charge < -0.3 is 0 Å². The molecule has 0 aliphatic carbocycles. The van der Waals surface area contributed by atoms with E-state index in [1.807, 2.05) is 42.5 Å². The molecule has 4 heteroatoms. The van der Waals surface area contributed by atoms with Crippen LogP contribution in [0.5, 0.6) is 0 Å². The number of amides is 2. The summed E-state index contributed by atoms with van der Waals surface area (Å²) in [6.45, 7) is 0. The number of rotatable bonds is 2. The van der Waals surface area contributed by atoms with E-state index in [-0.39, 0.29) is 11.8 Å². The normalized spacial score (nSPS) is 14.0. The van der Waals surface area contributed by atoms with Crippen LogP contribution >= 0.6 is 0 Å². The lowest BCUT2D eigenvalue weighted by Crippen LogP contribution is -2.24. The van der Waals surface area contributed by atoms with Gasteiger partial charge in [-0.3, -0.25) is 9.59 Å². The lowest BCUT2D eigenvalue weighted by molar-refractivity contribution is 0.0660. The van der Waals surface area contributed by atoms with E-state index < -0.39 is 0 Å². The highest BCUT2D eigenvalue weighted by Gasteiger charge is 2.35. The zero-order valence-corrected chi connectivity index (χ0v) is 12.1. The van der Waals surface area contributed by atoms with E-state index in [1.165, 1.54) is 0 Å². The number of carbonyl (C=O) groups excluding carboxylic acids is 2. The molecule has 0 unspecified atom stereocenters. The molecule has 0 fully saturated rings. The fraction of sp³-hybridized carbons (Fsp3) is 0. The van der Waals surface area contributed by atoms with E-state index in [0.29, 0.717) is 11.1 Å². The highest BCUT2D eigenvalue weighted by atomic mass is 16.2. The second kappa shape index (κ2) is 5.18. The number of nitrogens with zero attached hydrogens (tertiary/aromatic N) is 2. The zero-order valence-electron chi connectivity index (χ0n) is 12.1. The first-order valence-electron chi connectivity index (χ1n) is 7.25. The van der Waals surface area contributed by atoms with Crippen LogP contribution in [-0.4, -0.2) is 23.0 Å². The molecule has 23 heavy (non-hydrogen) atoms. The Morgan fingerprint density at radius 3 is 2.09 bits per heavy atom. The summed E-state index contributed by atoms with van der Waals surface area (Å²) < 4.78 is 0. The first-order valence-corrected chi connectivity index (χ1v) is 7.25. The lowest BCUT2D eigenvalue weighted by atomic mass is 10.1. The summed E-state index contributed by atoms with van der Waals surface area (Å²) in [5, 5.41) is 7.16. The van der Waals surface area contributed by atoms with Crippen molar-refractivity contribution in [3.8, 4) is 0 Å². The van der Waals surface area contributed by atoms with Crippen molar-refractivity contribution < 1.29 is 9.59 Å². The van der Waals surface area contributed by atoms with E-state index in [0.717, 1.165) is 21.3 Å². The minimum atomic E-state index is -0.387. The second-order valence-corrected chi connectivity index (χ2v) is 5.28. The molecular weight excluding hydrogens is 288 g/mol. The third-order valence-electron chi connectivity index (χ3n) is 3.91. The molecule has 1 aliphatic rings. The van der Waals surface area contributed by atoms with Crippen molar-refractivity contribution >= 4 is 28.8 Å². The van der Waals surface area contributed by atoms with Crippen LogP contribution in [0.25, 0.3) is 10.8 Å². The standard InChI is InChI=1S/C19H12N2O2/c22-18-16-10-3-4-11-17(16)19(23)21(18)20-12-14-8-5-7-13-6-1-2-9-15(13)14/h1-12H/b20-12+. The molecule has 110 valence electrons. The number of imide groups is 1. The van der Waals surface area contributed by atoms with Crippen molar-refractivity contribution in [3.63, 3.8) is 0 Å². The molecule has 0 saturated heterocycles. The molecule has 2 amide bonds. The number of fused-ring (bicyclic) bond motifs is 2. The van der Waals surface area contributed by atoms with Crippen LogP contribution in [0, 0.1) is 0 Å². The number of hydrogen-bond donors (Lipinski definition) is 0. The van der Waals surface area contributed by atoms with Crippen LogP contribution in [0.3, 0.4) is 0 Å². The largest absolute Gasteiger partial charge is 0.282 e. The minimum absolute atomic E-state index is 0.387. The first kappa shape index (κ1) is 13.4. The number of hydrazone groups is 1. The van der Waals surface area contributed by atoms with Crippen molar-refractivity contribution in [2.45, 2.75) is 0 Å². The zero-order chi connectivity index (χ0) is 15.8. The molecule has 3 aromatic rings. The Kier molecular flexibility index (Phi) is 3.01. The first-order chi connectivity index (χ1) is 11.3. The van der Waals surface area contributed by atoms with Gasteiger partial charge in [0.2, 0.25) is 0 Å². The summed E-state index contributed by atoms with van der Waals surface area (Å²) >= 11 is 0. The lowest BCUT2D eigenvalue weighted by Gasteiger charge is -2.06. The third kappa shape index (κ3) is 2.12. The molecular formula is C19H12N2O2. The van der Waals surface area contributed by atoms with Gasteiger partial charge in [0.05, 0.1) is 17.3 Å². The topological polar surface area (TPSA) is 49.7 Å². The Morgan fingerprint density at radius 2 is 1.35 bits per heavy atom. The van der Waals surface area contributed by atoms with Gasteiger partial charge in [0.1, 0.15) is 0 Å². The van der Waals surface area contributed by atoms with Gasteiger partial charge in [-0.05, 0) is 22.9 Å². The maximum Gasteiger partial charge on any atom is 0.282 e. The molecule has 1 heterocycles. The van der Waals surface area contributed by atoms with Gasteiger partial charge >= 0.3 is 0 Å². The SMILES string of the molecule is O=C1c2ccccc2C(=O)N1/N=C/c1cccc2ccccc12. The Morgan fingerprint density at radius 1 is 0.739 bits per heavy atom. The Bertz CT molecular complexity index is 936. The third-order valence-corrected chi connectivity index (χ3v) is 3.91. The van der Waals surface area contributed by atoms with Crippen LogP contribution in [0.15, 0.2) is 71.8 Å². The van der Waals surface area contributed by atoms with Gasteiger partial charge in [-0.15, -0.1) is 0 Å². The predicted molar refractivity (Wildman–Crippen MR) is 88.5 cm³/mol. The van der Waals surface area contributed by atoms with Crippen LogP contribution in [-0.2, 0) is 0 Å². The fourth-order valence-corrected chi connectivity index (χ4v) is 2.76. The second-order valence-electron chi connectivity index (χ2n) is 5.28. The van der Waals surface area contributed by atoms with Crippen LogP contribution in [0.4, 0.5) is 0 Å². The number of hydrogen-bond acceptors (Lipinski definition) is 3. The van der Waals surface area contributed by atoms with Crippen molar-refractivity contribution in [2.75, 3.05) is 0 Å². The van der Waals surface area contributed by atoms with E-state index in [1.54, 1.807) is 30.5 Å². The van der Waals surface area contributed by atoms with Gasteiger partial charge in [-0.1, -0.05) is 54.6 Å². The van der Waals surface area contributed by atoms with Crippen molar-refractivity contribution in [3.05, 3.63) is 83.4 Å². The molecule has 0 spiro atoms. The molecule has 0 atom stereocenters. The van der Waals surface area contributed by atoms with Crippen LogP contribution in [0.2, 0.25) is 0 Å². The van der Waals surface area contributed by atoms with Gasteiger partial charge in [-0.25, -0.2) is 0 Å². The Hall–Kier alpha value is -3.27. The summed E-state index contributed by atoms with van der Waals surface area (Å²) in [7, 11) is 0. The molecule has 0 bridgehead atoms. The van der Waals surface area contributed by atoms with Crippen molar-refractivity contribution in [1.29, 1.82) is 0 Å². The van der Waals surface area contributed by atoms with Gasteiger partial charge in [0, 0.05) is 5.56 Å². The van der Waals surface area contributed by atoms with Gasteiger partial charge in [-0.2, -0.15) is 10.1 Å². The van der Waals surface area contributed by atoms with Crippen molar-refractivity contribution in [1.82, 2.24) is 5.01 Å². The molecule has 4 nitrogen and oxygen atoms in total. The van der Waals surface area contributed by atoms with Crippen LogP contribution < -0.4 is 0 Å². The van der Waals surface area contributed by atoms with E-state index in [4.69, 9.17) is 0 Å². The Labute approximate surface area is 132 Å². The highest BCUT2D eigenvalue weighted by Crippen LogP contribution is 2.23. The van der Waals surface area contributed by atoms with Gasteiger partial charge in [0.25, 0.3) is 11.8 Å². The predicted octanol–water partition coefficient (Wildman–Crippen LogP) is 3.47. The summed E-state index contributed by atoms with van der Waals surface area (Å²) in [5.74, 6) is -0.774. The van der Waals surface area contributed by atoms with Crippen LogP contribution in [0.1, 0.15) is 26.3 Å². The van der Waals surface area contributed by atoms with Crippen molar-refractivity contribution in [2.24, 2.45) is 5.10 Å². The number of carbonyl (C=O) groups is 2. The average molecular weight is 300 g/mol. The monoisotopic (exact) mass is 300 g/mol. The summed E-state index contributed by atoms with van der Waals surface area (Å²) in [6.07, 6.45) is 1.56. The van der Waals surface area contributed by atoms with E-state index >= 15 is 0 Å². The molecule has 1 aliphatic heterocycles. The maximum absolute atomic E-state index is 12.3. The summed E-state index contributed by atoms with van der Waals surface area (Å²) in [6, 6.07) is 20.5. The quantitative estimate of drug-likeness (QED) is 0.537. The smallest absolute Gasteiger partial charge is 0.267 e. The molecule has 0 N–H and O–H groups in total. The molecule has 4 rings (SSSR count). The number of benzene rings is 3. The Balaban J connectivity index is 1.72. The van der Waals surface area contributed by atoms with Gasteiger partial charge in [0.15, 0.2) is 0 Å². The summed E-state index contributed by atoms with van der Waals surface area (Å²) in [5.41, 5.74) is 1.65. The highest BCUT2D eigenvalue weighted by molar-refractivity contribution is 6.21. The average Bonchev–Trinajstić information content (AvgIpc) is 2.84. The summed E-state index contributed by atoms with van der Waals surface area (Å²) in [4.78, 5) is 24.6. The maximum atomic E-state index is 12.3. The van der Waals surface area contributed by atoms with E-state index in [9.17, 15) is 9.59 Å². The van der Waals surface area contributed by atoms with E-state index in [2.05, 4.69) is 5.10 Å². The molecule has 0 aromatic heterocycles. The fourth-order valence-electron chi connectivity index (χ4n) is 2.76. The molecule has 0 saturated carbocycles. The molecule has 3 aromatic carbocycles. The molecule has 0 radical (unpaired) electrons. The minimum Gasteiger partial charge on any atom is -0.267 e.